The first-order valence-electron chi connectivity index (χ1n) is 5.15. The zero-order chi connectivity index (χ0) is 13.1. The van der Waals surface area contributed by atoms with Crippen LogP contribution in [0.5, 0.6) is 0 Å². The molecule has 92 valence electrons. The highest BCUT2D eigenvalue weighted by Crippen LogP contribution is 2.29. The summed E-state index contributed by atoms with van der Waals surface area (Å²) in [6, 6.07) is 5.38. The number of pyridine rings is 1. The Kier molecular flexibility index (Phi) is 3.72. The minimum absolute atomic E-state index is 0.488. The number of hydrogen-bond acceptors (Lipinski definition) is 3. The van der Waals surface area contributed by atoms with Gasteiger partial charge in [0.05, 0.1) is 0 Å². The van der Waals surface area contributed by atoms with Crippen LogP contribution in [0.2, 0.25) is 0 Å². The number of rotatable bonds is 3. The highest BCUT2D eigenvalue weighted by molar-refractivity contribution is 7.99. The molecular weight excluding hydrogens is 256 g/mol. The van der Waals surface area contributed by atoms with Crippen molar-refractivity contribution in [3.05, 3.63) is 53.2 Å². The minimum atomic E-state index is -0.887. The van der Waals surface area contributed by atoms with Crippen LogP contribution < -0.4 is 0 Å². The number of aromatic nitrogens is 1. The Balaban J connectivity index is 2.28. The van der Waals surface area contributed by atoms with Crippen molar-refractivity contribution >= 4 is 18.0 Å². The van der Waals surface area contributed by atoms with Crippen LogP contribution in [0.4, 0.5) is 8.78 Å². The van der Waals surface area contributed by atoms with Crippen LogP contribution in [0.1, 0.15) is 15.9 Å². The van der Waals surface area contributed by atoms with Crippen LogP contribution in [0.15, 0.2) is 40.4 Å². The predicted molar refractivity (Wildman–Crippen MR) is 64.8 cm³/mol. The molecule has 2 rings (SSSR count). The van der Waals surface area contributed by atoms with Gasteiger partial charge < -0.3 is 0 Å². The number of nitrogens with zero attached hydrogens (tertiary/aromatic N) is 1. The SMILES string of the molecule is Cc1cc(C=O)cnc1Sc1ccc(F)c(F)c1. The molecule has 0 fully saturated rings. The molecule has 18 heavy (non-hydrogen) atoms. The van der Waals surface area contributed by atoms with Crippen molar-refractivity contribution < 1.29 is 13.6 Å². The fourth-order valence-corrected chi connectivity index (χ4v) is 2.25. The number of carbonyl (C=O) groups excluding carboxylic acids is 1. The molecule has 0 amide bonds. The van der Waals surface area contributed by atoms with E-state index in [1.54, 1.807) is 6.07 Å². The van der Waals surface area contributed by atoms with E-state index >= 15 is 0 Å². The Morgan fingerprint density at radius 1 is 1.22 bits per heavy atom. The van der Waals surface area contributed by atoms with Crippen molar-refractivity contribution in [1.82, 2.24) is 4.98 Å². The molecule has 0 aliphatic rings. The molecule has 0 spiro atoms. The van der Waals surface area contributed by atoms with E-state index in [2.05, 4.69) is 4.98 Å². The van der Waals surface area contributed by atoms with Gasteiger partial charge in [0, 0.05) is 16.7 Å². The first kappa shape index (κ1) is 12.7. The summed E-state index contributed by atoms with van der Waals surface area (Å²) >= 11 is 1.22. The molecule has 5 heteroatoms. The lowest BCUT2D eigenvalue weighted by molar-refractivity contribution is 0.112. The third kappa shape index (κ3) is 2.73. The predicted octanol–water partition coefficient (Wildman–Crippen LogP) is 3.63. The summed E-state index contributed by atoms with van der Waals surface area (Å²) in [5.41, 5.74) is 1.30. The van der Waals surface area contributed by atoms with E-state index in [0.717, 1.165) is 17.7 Å². The molecule has 1 aromatic heterocycles. The van der Waals surface area contributed by atoms with Crippen molar-refractivity contribution in [1.29, 1.82) is 0 Å². The molecule has 2 aromatic rings. The average Bonchev–Trinajstić information content (AvgIpc) is 2.36. The maximum absolute atomic E-state index is 13.0. The van der Waals surface area contributed by atoms with Gasteiger partial charge in [-0.2, -0.15) is 0 Å². The number of hydrogen-bond donors (Lipinski definition) is 0. The van der Waals surface area contributed by atoms with Crippen molar-refractivity contribution in [2.75, 3.05) is 0 Å². The number of halogens is 2. The molecule has 0 atom stereocenters. The fourth-order valence-electron chi connectivity index (χ4n) is 1.41. The van der Waals surface area contributed by atoms with E-state index in [9.17, 15) is 13.6 Å². The van der Waals surface area contributed by atoms with Gasteiger partial charge in [0.25, 0.3) is 0 Å². The monoisotopic (exact) mass is 265 g/mol. The van der Waals surface area contributed by atoms with Crippen LogP contribution in [-0.2, 0) is 0 Å². The Labute approximate surface area is 107 Å². The van der Waals surface area contributed by atoms with E-state index in [-0.39, 0.29) is 0 Å². The maximum atomic E-state index is 13.0. The van der Waals surface area contributed by atoms with Crippen LogP contribution in [0.25, 0.3) is 0 Å². The smallest absolute Gasteiger partial charge is 0.159 e. The second kappa shape index (κ2) is 5.27. The second-order valence-corrected chi connectivity index (χ2v) is 4.75. The molecule has 0 saturated carbocycles. The molecule has 0 radical (unpaired) electrons. The summed E-state index contributed by atoms with van der Waals surface area (Å²) in [7, 11) is 0. The third-order valence-corrected chi connectivity index (χ3v) is 3.40. The molecule has 0 aliphatic heterocycles. The lowest BCUT2D eigenvalue weighted by Crippen LogP contribution is -1.90. The van der Waals surface area contributed by atoms with Gasteiger partial charge in [-0.1, -0.05) is 11.8 Å². The van der Waals surface area contributed by atoms with Gasteiger partial charge in [-0.05, 0) is 36.8 Å². The minimum Gasteiger partial charge on any atom is -0.298 e. The van der Waals surface area contributed by atoms with Gasteiger partial charge in [0.2, 0.25) is 0 Å². The summed E-state index contributed by atoms with van der Waals surface area (Å²) in [5.74, 6) is -1.76. The van der Waals surface area contributed by atoms with Crippen LogP contribution in [-0.4, -0.2) is 11.3 Å². The van der Waals surface area contributed by atoms with Crippen LogP contribution in [0.3, 0.4) is 0 Å². The van der Waals surface area contributed by atoms with E-state index in [1.165, 1.54) is 24.0 Å². The zero-order valence-corrected chi connectivity index (χ0v) is 10.3. The zero-order valence-electron chi connectivity index (χ0n) is 9.48. The molecule has 0 bridgehead atoms. The van der Waals surface area contributed by atoms with Gasteiger partial charge in [-0.15, -0.1) is 0 Å². The lowest BCUT2D eigenvalue weighted by atomic mass is 10.2. The first-order chi connectivity index (χ1) is 8.60. The fraction of sp³-hybridized carbons (Fsp3) is 0.0769. The lowest BCUT2D eigenvalue weighted by Gasteiger charge is -2.05. The number of aldehydes is 1. The third-order valence-electron chi connectivity index (χ3n) is 2.29. The van der Waals surface area contributed by atoms with Gasteiger partial charge in [-0.3, -0.25) is 4.79 Å². The van der Waals surface area contributed by atoms with Crippen molar-refractivity contribution in [3.63, 3.8) is 0 Å². The summed E-state index contributed by atoms with van der Waals surface area (Å²) in [4.78, 5) is 15.2. The van der Waals surface area contributed by atoms with Crippen molar-refractivity contribution in [3.8, 4) is 0 Å². The molecular formula is C13H9F2NOS. The van der Waals surface area contributed by atoms with E-state index in [4.69, 9.17) is 0 Å². The number of carbonyl (C=O) groups is 1. The molecule has 0 aliphatic carbocycles. The van der Waals surface area contributed by atoms with Crippen molar-refractivity contribution in [2.24, 2.45) is 0 Å². The molecule has 1 heterocycles. The van der Waals surface area contributed by atoms with Crippen LogP contribution in [0, 0.1) is 18.6 Å². The standard InChI is InChI=1S/C13H9F2NOS/c1-8-4-9(7-17)6-16-13(8)18-10-2-3-11(14)12(15)5-10/h2-7H,1H3. The highest BCUT2D eigenvalue weighted by Gasteiger charge is 2.07. The van der Waals surface area contributed by atoms with E-state index in [0.29, 0.717) is 21.8 Å². The van der Waals surface area contributed by atoms with Gasteiger partial charge in [0.15, 0.2) is 17.9 Å². The van der Waals surface area contributed by atoms with Gasteiger partial charge in [-0.25, -0.2) is 13.8 Å². The summed E-state index contributed by atoms with van der Waals surface area (Å²) in [6.07, 6.45) is 2.16. The summed E-state index contributed by atoms with van der Waals surface area (Å²) < 4.78 is 25.8. The summed E-state index contributed by atoms with van der Waals surface area (Å²) in [6.45, 7) is 1.81. The quantitative estimate of drug-likeness (QED) is 0.794. The Morgan fingerprint density at radius 2 is 2.00 bits per heavy atom. The second-order valence-electron chi connectivity index (χ2n) is 3.69. The molecule has 0 unspecified atom stereocenters. The van der Waals surface area contributed by atoms with Gasteiger partial charge in [0.1, 0.15) is 5.03 Å². The van der Waals surface area contributed by atoms with Crippen molar-refractivity contribution in [2.45, 2.75) is 16.8 Å². The Morgan fingerprint density at radius 3 is 2.61 bits per heavy atom. The summed E-state index contributed by atoms with van der Waals surface area (Å²) in [5, 5.41) is 0.659. The molecule has 0 N–H and O–H groups in total. The number of benzene rings is 1. The first-order valence-corrected chi connectivity index (χ1v) is 5.96. The molecule has 1 aromatic carbocycles. The Bertz CT molecular complexity index is 602. The van der Waals surface area contributed by atoms with Crippen LogP contribution >= 0.6 is 11.8 Å². The topological polar surface area (TPSA) is 30.0 Å². The van der Waals surface area contributed by atoms with Gasteiger partial charge >= 0.3 is 0 Å². The Hall–Kier alpha value is -1.75. The normalized spacial score (nSPS) is 10.4. The largest absolute Gasteiger partial charge is 0.298 e. The maximum Gasteiger partial charge on any atom is 0.159 e. The number of aryl methyl sites for hydroxylation is 1. The molecule has 0 saturated heterocycles. The van der Waals surface area contributed by atoms with E-state index in [1.807, 2.05) is 6.92 Å². The highest BCUT2D eigenvalue weighted by atomic mass is 32.2. The average molecular weight is 265 g/mol. The van der Waals surface area contributed by atoms with E-state index < -0.39 is 11.6 Å². The molecule has 2 nitrogen and oxygen atoms in total.